The molecule has 0 amide bonds. The number of rotatable bonds is 8. The molecule has 1 N–H and O–H groups in total. The van der Waals surface area contributed by atoms with Crippen molar-refractivity contribution in [3.8, 4) is 0 Å². The normalized spacial score (nSPS) is 16.6. The highest BCUT2D eigenvalue weighted by Gasteiger charge is 2.07. The maximum absolute atomic E-state index is 11.2. The Kier molecular flexibility index (Phi) is 6.52. The Morgan fingerprint density at radius 1 is 1.41 bits per heavy atom. The smallest absolute Gasteiger partial charge is 0.103 e. The van der Waals surface area contributed by atoms with Crippen LogP contribution in [-0.2, 0) is 17.2 Å². The first-order chi connectivity index (χ1) is 8.09. The first-order valence-electron chi connectivity index (χ1n) is 6.17. The predicted molar refractivity (Wildman–Crippen MR) is 72.6 cm³/mol. The van der Waals surface area contributed by atoms with E-state index in [1.165, 1.54) is 0 Å². The fourth-order valence-electron chi connectivity index (χ4n) is 1.61. The lowest BCUT2D eigenvalue weighted by molar-refractivity contribution is 0.457. The molecule has 4 heteroatoms. The molecule has 0 bridgehead atoms. The summed E-state index contributed by atoms with van der Waals surface area (Å²) >= 11 is 0. The van der Waals surface area contributed by atoms with Crippen LogP contribution in [0.25, 0.3) is 0 Å². The molecule has 0 aliphatic rings. The van der Waals surface area contributed by atoms with Crippen LogP contribution in [0.2, 0.25) is 0 Å². The van der Waals surface area contributed by atoms with Gasteiger partial charge in [-0.15, -0.1) is 0 Å². The predicted octanol–water partition coefficient (Wildman–Crippen LogP) is 2.35. The van der Waals surface area contributed by atoms with Crippen LogP contribution in [0.15, 0.2) is 22.8 Å². The molecule has 1 aromatic heterocycles. The number of hydrogen-bond acceptors (Lipinski definition) is 3. The summed E-state index contributed by atoms with van der Waals surface area (Å²) in [6.07, 6.45) is 6.48. The van der Waals surface area contributed by atoms with Crippen molar-refractivity contribution in [1.29, 1.82) is 0 Å². The van der Waals surface area contributed by atoms with Crippen LogP contribution >= 0.6 is 0 Å². The minimum atomic E-state index is -0.708. The van der Waals surface area contributed by atoms with Crippen molar-refractivity contribution in [2.24, 2.45) is 0 Å². The maximum Gasteiger partial charge on any atom is 0.103 e. The molecule has 3 nitrogen and oxygen atoms in total. The number of nitrogens with one attached hydrogen (secondary N) is 1. The summed E-state index contributed by atoms with van der Waals surface area (Å²) in [4.78, 5) is 0. The van der Waals surface area contributed by atoms with E-state index in [2.05, 4.69) is 12.2 Å². The molecular weight excluding hydrogens is 234 g/mol. The molecule has 0 aliphatic carbocycles. The van der Waals surface area contributed by atoms with E-state index in [0.29, 0.717) is 6.04 Å². The van der Waals surface area contributed by atoms with E-state index >= 15 is 0 Å². The fraction of sp³-hybridized carbons (Fsp3) is 0.692. The third kappa shape index (κ3) is 6.03. The van der Waals surface area contributed by atoms with Crippen molar-refractivity contribution >= 4 is 10.8 Å². The lowest BCUT2D eigenvalue weighted by Crippen LogP contribution is -2.29. The second kappa shape index (κ2) is 7.67. The summed E-state index contributed by atoms with van der Waals surface area (Å²) in [7, 11) is -0.708. The third-order valence-electron chi connectivity index (χ3n) is 3.01. The molecule has 3 atom stereocenters. The second-order valence-electron chi connectivity index (χ2n) is 4.57. The van der Waals surface area contributed by atoms with Crippen molar-refractivity contribution < 1.29 is 8.63 Å². The molecule has 0 saturated carbocycles. The molecule has 1 heterocycles. The van der Waals surface area contributed by atoms with Crippen molar-refractivity contribution in [1.82, 2.24) is 5.32 Å². The molecule has 1 rings (SSSR count). The standard InChI is InChI=1S/C13H23NO2S/c1-11(6-7-13-5-4-10-16-13)14-9-8-12(2)17(3)15/h4-5,10-12,14H,6-9H2,1-3H3. The summed E-state index contributed by atoms with van der Waals surface area (Å²) in [5, 5.41) is 3.73. The van der Waals surface area contributed by atoms with Crippen LogP contribution in [0.5, 0.6) is 0 Å². The first-order valence-corrected chi connectivity index (χ1v) is 7.79. The highest BCUT2D eigenvalue weighted by atomic mass is 32.2. The lowest BCUT2D eigenvalue weighted by atomic mass is 10.1. The molecule has 17 heavy (non-hydrogen) atoms. The highest BCUT2D eigenvalue weighted by molar-refractivity contribution is 7.84. The Bertz CT molecular complexity index is 324. The van der Waals surface area contributed by atoms with Gasteiger partial charge in [0.25, 0.3) is 0 Å². The Morgan fingerprint density at radius 3 is 2.76 bits per heavy atom. The SMILES string of the molecule is CC(CCc1ccco1)NCCC(C)S(C)=O. The summed E-state index contributed by atoms with van der Waals surface area (Å²) in [6, 6.07) is 4.40. The van der Waals surface area contributed by atoms with E-state index in [4.69, 9.17) is 4.42 Å². The van der Waals surface area contributed by atoms with Gasteiger partial charge >= 0.3 is 0 Å². The van der Waals surface area contributed by atoms with Gasteiger partial charge in [-0.25, -0.2) is 0 Å². The molecule has 0 fully saturated rings. The Morgan fingerprint density at radius 2 is 2.18 bits per heavy atom. The van der Waals surface area contributed by atoms with Crippen LogP contribution in [-0.4, -0.2) is 28.3 Å². The summed E-state index contributed by atoms with van der Waals surface area (Å²) in [5.41, 5.74) is 0. The molecule has 98 valence electrons. The Hall–Kier alpha value is -0.610. The topological polar surface area (TPSA) is 42.2 Å². The maximum atomic E-state index is 11.2. The van der Waals surface area contributed by atoms with Crippen molar-refractivity contribution in [3.05, 3.63) is 24.2 Å². The van der Waals surface area contributed by atoms with Crippen LogP contribution in [0.3, 0.4) is 0 Å². The molecule has 0 aromatic carbocycles. The summed E-state index contributed by atoms with van der Waals surface area (Å²) < 4.78 is 16.5. The van der Waals surface area contributed by atoms with Crippen LogP contribution in [0, 0.1) is 0 Å². The van der Waals surface area contributed by atoms with Gasteiger partial charge in [0, 0.05) is 34.8 Å². The van der Waals surface area contributed by atoms with Gasteiger partial charge in [-0.1, -0.05) is 6.92 Å². The number of hydrogen-bond donors (Lipinski definition) is 1. The van der Waals surface area contributed by atoms with Gasteiger partial charge in [-0.2, -0.15) is 0 Å². The van der Waals surface area contributed by atoms with E-state index < -0.39 is 10.8 Å². The van der Waals surface area contributed by atoms with E-state index in [0.717, 1.165) is 31.6 Å². The second-order valence-corrected chi connectivity index (χ2v) is 6.37. The third-order valence-corrected chi connectivity index (χ3v) is 4.38. The molecule has 1 aromatic rings. The zero-order valence-corrected chi connectivity index (χ0v) is 11.8. The Labute approximate surface area is 106 Å². The number of furan rings is 1. The van der Waals surface area contributed by atoms with Gasteiger partial charge in [-0.3, -0.25) is 4.21 Å². The quantitative estimate of drug-likeness (QED) is 0.777. The van der Waals surface area contributed by atoms with Crippen LogP contribution < -0.4 is 5.32 Å². The highest BCUT2D eigenvalue weighted by Crippen LogP contribution is 2.06. The van der Waals surface area contributed by atoms with Crippen LogP contribution in [0.4, 0.5) is 0 Å². The zero-order chi connectivity index (χ0) is 12.7. The van der Waals surface area contributed by atoms with E-state index in [-0.39, 0.29) is 5.25 Å². The van der Waals surface area contributed by atoms with Gasteiger partial charge in [0.05, 0.1) is 6.26 Å². The molecular formula is C13H23NO2S. The van der Waals surface area contributed by atoms with Crippen molar-refractivity contribution in [3.63, 3.8) is 0 Å². The van der Waals surface area contributed by atoms with E-state index in [9.17, 15) is 4.21 Å². The molecule has 3 unspecified atom stereocenters. The summed E-state index contributed by atoms with van der Waals surface area (Å²) in [6.45, 7) is 5.14. The lowest BCUT2D eigenvalue weighted by Gasteiger charge is -2.14. The van der Waals surface area contributed by atoms with Gasteiger partial charge < -0.3 is 9.73 Å². The first kappa shape index (κ1) is 14.5. The van der Waals surface area contributed by atoms with Gasteiger partial charge in [0.1, 0.15) is 5.76 Å². The van der Waals surface area contributed by atoms with Crippen molar-refractivity contribution in [2.75, 3.05) is 12.8 Å². The largest absolute Gasteiger partial charge is 0.469 e. The zero-order valence-electron chi connectivity index (χ0n) is 10.9. The molecule has 0 saturated heterocycles. The minimum Gasteiger partial charge on any atom is -0.469 e. The molecule has 0 spiro atoms. The molecule has 0 aliphatic heterocycles. The Balaban J connectivity index is 2.09. The van der Waals surface area contributed by atoms with Gasteiger partial charge in [0.15, 0.2) is 0 Å². The van der Waals surface area contributed by atoms with Gasteiger partial charge in [0.2, 0.25) is 0 Å². The summed E-state index contributed by atoms with van der Waals surface area (Å²) in [5.74, 6) is 1.04. The average Bonchev–Trinajstić information content (AvgIpc) is 2.78. The average molecular weight is 257 g/mol. The molecule has 0 radical (unpaired) electrons. The van der Waals surface area contributed by atoms with E-state index in [1.807, 2.05) is 19.1 Å². The monoisotopic (exact) mass is 257 g/mol. The minimum absolute atomic E-state index is 0.278. The number of aryl methyl sites for hydroxylation is 1. The van der Waals surface area contributed by atoms with Crippen molar-refractivity contribution in [2.45, 2.75) is 44.4 Å². The fourth-order valence-corrected chi connectivity index (χ4v) is 2.06. The van der Waals surface area contributed by atoms with Crippen LogP contribution in [0.1, 0.15) is 32.4 Å². The van der Waals surface area contributed by atoms with E-state index in [1.54, 1.807) is 12.5 Å². The van der Waals surface area contributed by atoms with Gasteiger partial charge in [-0.05, 0) is 38.4 Å².